The van der Waals surface area contributed by atoms with Crippen LogP contribution in [-0.4, -0.2) is 15.0 Å². The van der Waals surface area contributed by atoms with Gasteiger partial charge in [0.1, 0.15) is 0 Å². The van der Waals surface area contributed by atoms with E-state index in [1.807, 2.05) is 29.5 Å². The van der Waals surface area contributed by atoms with E-state index < -0.39 is 0 Å². The number of hydrogen-bond acceptors (Lipinski definition) is 4. The van der Waals surface area contributed by atoms with Crippen LogP contribution in [0.2, 0.25) is 0 Å². The highest BCUT2D eigenvalue weighted by molar-refractivity contribution is 7.25. The standard InChI is InChI=1S/C39H23N3S/c1-2-10-24(11-3-1)37-40-38(27-19-18-25-23-36-33(22-28(25)20-27)32-16-8-9-17-35(32)43-36)42-39(41-37)34-21-26-12-4-5-13-29(26)30-14-6-7-15-31(30)34/h1-23H. The van der Waals surface area contributed by atoms with Gasteiger partial charge in [0.05, 0.1) is 0 Å². The van der Waals surface area contributed by atoms with Crippen molar-refractivity contribution in [3.8, 4) is 34.2 Å². The molecule has 0 aliphatic carbocycles. The fourth-order valence-electron chi connectivity index (χ4n) is 6.19. The highest BCUT2D eigenvalue weighted by Crippen LogP contribution is 2.38. The van der Waals surface area contributed by atoms with Crippen molar-refractivity contribution in [1.82, 2.24) is 15.0 Å². The van der Waals surface area contributed by atoms with Crippen LogP contribution in [-0.2, 0) is 0 Å². The molecular formula is C39H23N3S. The summed E-state index contributed by atoms with van der Waals surface area (Å²) in [7, 11) is 0. The van der Waals surface area contributed by atoms with Gasteiger partial charge in [0.15, 0.2) is 17.5 Å². The van der Waals surface area contributed by atoms with E-state index in [2.05, 4.69) is 121 Å². The zero-order valence-corrected chi connectivity index (χ0v) is 23.8. The maximum absolute atomic E-state index is 5.15. The minimum absolute atomic E-state index is 0.664. The maximum atomic E-state index is 5.15. The predicted octanol–water partition coefficient (Wildman–Crippen LogP) is 10.7. The Morgan fingerprint density at radius 3 is 1.88 bits per heavy atom. The van der Waals surface area contributed by atoms with Gasteiger partial charge in [-0.3, -0.25) is 0 Å². The van der Waals surface area contributed by atoms with Gasteiger partial charge in [-0.25, -0.2) is 15.0 Å². The second kappa shape index (κ2) is 9.55. The van der Waals surface area contributed by atoms with Crippen molar-refractivity contribution >= 4 is 63.8 Å². The molecule has 0 saturated carbocycles. The highest BCUT2D eigenvalue weighted by Gasteiger charge is 2.16. The van der Waals surface area contributed by atoms with Gasteiger partial charge in [-0.15, -0.1) is 11.3 Å². The molecule has 0 aliphatic heterocycles. The molecule has 7 aromatic carbocycles. The number of benzene rings is 7. The first-order valence-electron chi connectivity index (χ1n) is 14.4. The number of hydrogen-bond donors (Lipinski definition) is 0. The van der Waals surface area contributed by atoms with E-state index in [0.717, 1.165) is 27.5 Å². The molecular weight excluding hydrogens is 543 g/mol. The van der Waals surface area contributed by atoms with E-state index in [1.54, 1.807) is 0 Å². The predicted molar refractivity (Wildman–Crippen MR) is 182 cm³/mol. The van der Waals surface area contributed by atoms with Crippen LogP contribution in [0.25, 0.3) is 86.7 Å². The number of aromatic nitrogens is 3. The van der Waals surface area contributed by atoms with Gasteiger partial charge in [0.25, 0.3) is 0 Å². The topological polar surface area (TPSA) is 38.7 Å². The Bertz CT molecular complexity index is 2510. The summed E-state index contributed by atoms with van der Waals surface area (Å²) in [6.45, 7) is 0. The monoisotopic (exact) mass is 565 g/mol. The normalized spacial score (nSPS) is 11.7. The quantitative estimate of drug-likeness (QED) is 0.200. The second-order valence-electron chi connectivity index (χ2n) is 10.9. The molecule has 0 radical (unpaired) electrons. The summed E-state index contributed by atoms with van der Waals surface area (Å²) in [5, 5.41) is 9.67. The molecule has 0 unspecified atom stereocenters. The van der Waals surface area contributed by atoms with Gasteiger partial charge in [-0.05, 0) is 62.6 Å². The van der Waals surface area contributed by atoms with Crippen LogP contribution in [0.15, 0.2) is 140 Å². The number of fused-ring (bicyclic) bond motifs is 7. The summed E-state index contributed by atoms with van der Waals surface area (Å²) in [6, 6.07) is 49.2. The molecule has 0 saturated heterocycles. The van der Waals surface area contributed by atoms with Crippen LogP contribution >= 0.6 is 11.3 Å². The van der Waals surface area contributed by atoms with Crippen molar-refractivity contribution in [2.24, 2.45) is 0 Å². The first kappa shape index (κ1) is 24.2. The first-order valence-corrected chi connectivity index (χ1v) is 15.2. The molecule has 2 aromatic heterocycles. The van der Waals surface area contributed by atoms with Crippen molar-refractivity contribution in [3.05, 3.63) is 140 Å². The molecule has 0 amide bonds. The van der Waals surface area contributed by atoms with Crippen LogP contribution in [0.3, 0.4) is 0 Å². The molecule has 0 fully saturated rings. The number of nitrogens with zero attached hydrogens (tertiary/aromatic N) is 3. The number of rotatable bonds is 3. The van der Waals surface area contributed by atoms with Crippen molar-refractivity contribution in [1.29, 1.82) is 0 Å². The third-order valence-electron chi connectivity index (χ3n) is 8.27. The molecule has 200 valence electrons. The Kier molecular flexibility index (Phi) is 5.37. The van der Waals surface area contributed by atoms with Crippen LogP contribution < -0.4 is 0 Å². The molecule has 9 rings (SSSR count). The van der Waals surface area contributed by atoms with Crippen molar-refractivity contribution in [2.75, 3.05) is 0 Å². The summed E-state index contributed by atoms with van der Waals surface area (Å²) < 4.78 is 2.61. The third-order valence-corrected chi connectivity index (χ3v) is 9.40. The van der Waals surface area contributed by atoms with E-state index in [-0.39, 0.29) is 0 Å². The van der Waals surface area contributed by atoms with Crippen molar-refractivity contribution in [2.45, 2.75) is 0 Å². The molecule has 4 heteroatoms. The molecule has 9 aromatic rings. The molecule has 0 N–H and O–H groups in total. The van der Waals surface area contributed by atoms with E-state index in [1.165, 1.54) is 41.7 Å². The summed E-state index contributed by atoms with van der Waals surface area (Å²) in [5.74, 6) is 2.00. The Morgan fingerprint density at radius 2 is 1.02 bits per heavy atom. The molecule has 0 bridgehead atoms. The molecule has 2 heterocycles. The zero-order chi connectivity index (χ0) is 28.3. The second-order valence-corrected chi connectivity index (χ2v) is 12.0. The molecule has 0 spiro atoms. The lowest BCUT2D eigenvalue weighted by molar-refractivity contribution is 1.08. The zero-order valence-electron chi connectivity index (χ0n) is 23.0. The summed E-state index contributed by atoms with van der Waals surface area (Å²) in [5.41, 5.74) is 2.93. The number of thiophene rings is 1. The lowest BCUT2D eigenvalue weighted by Gasteiger charge is -2.12. The van der Waals surface area contributed by atoms with E-state index >= 15 is 0 Å². The minimum atomic E-state index is 0.664. The maximum Gasteiger partial charge on any atom is 0.164 e. The summed E-state index contributed by atoms with van der Waals surface area (Å²) >= 11 is 1.84. The van der Waals surface area contributed by atoms with Crippen LogP contribution in [0.1, 0.15) is 0 Å². The van der Waals surface area contributed by atoms with E-state index in [9.17, 15) is 0 Å². The van der Waals surface area contributed by atoms with Crippen molar-refractivity contribution < 1.29 is 0 Å². The van der Waals surface area contributed by atoms with Gasteiger partial charge in [-0.2, -0.15) is 0 Å². The Labute approximate surface area is 251 Å². The average Bonchev–Trinajstić information content (AvgIpc) is 3.44. The molecule has 0 atom stereocenters. The van der Waals surface area contributed by atoms with E-state index in [0.29, 0.717) is 17.5 Å². The van der Waals surface area contributed by atoms with Crippen LogP contribution in [0, 0.1) is 0 Å². The Morgan fingerprint density at radius 1 is 0.349 bits per heavy atom. The van der Waals surface area contributed by atoms with Gasteiger partial charge in [-0.1, -0.05) is 109 Å². The average molecular weight is 566 g/mol. The lowest BCUT2D eigenvalue weighted by Crippen LogP contribution is -2.00. The molecule has 0 aliphatic rings. The van der Waals surface area contributed by atoms with Gasteiger partial charge >= 0.3 is 0 Å². The van der Waals surface area contributed by atoms with Crippen LogP contribution in [0.4, 0.5) is 0 Å². The van der Waals surface area contributed by atoms with Crippen LogP contribution in [0.5, 0.6) is 0 Å². The molecule has 43 heavy (non-hydrogen) atoms. The fraction of sp³-hybridized carbons (Fsp3) is 0. The smallest absolute Gasteiger partial charge is 0.164 e. The summed E-state index contributed by atoms with van der Waals surface area (Å²) in [6.07, 6.45) is 0. The first-order chi connectivity index (χ1) is 21.3. The minimum Gasteiger partial charge on any atom is -0.208 e. The van der Waals surface area contributed by atoms with E-state index in [4.69, 9.17) is 15.0 Å². The van der Waals surface area contributed by atoms with Crippen molar-refractivity contribution in [3.63, 3.8) is 0 Å². The Balaban J connectivity index is 1.29. The summed E-state index contributed by atoms with van der Waals surface area (Å²) in [4.78, 5) is 15.2. The molecule has 3 nitrogen and oxygen atoms in total. The lowest BCUT2D eigenvalue weighted by atomic mass is 9.97. The van der Waals surface area contributed by atoms with Gasteiger partial charge < -0.3 is 0 Å². The van der Waals surface area contributed by atoms with Gasteiger partial charge in [0, 0.05) is 36.9 Å². The fourth-order valence-corrected chi connectivity index (χ4v) is 7.32. The Hall–Kier alpha value is -5.45. The largest absolute Gasteiger partial charge is 0.208 e. The van der Waals surface area contributed by atoms with Gasteiger partial charge in [0.2, 0.25) is 0 Å². The SMILES string of the molecule is c1ccc(-c2nc(-c3ccc4cc5sc6ccccc6c5cc4c3)nc(-c3cc4ccccc4c4ccccc34)n2)cc1. The third kappa shape index (κ3) is 3.99. The highest BCUT2D eigenvalue weighted by atomic mass is 32.1.